The predicted molar refractivity (Wildman–Crippen MR) is 91.5 cm³/mol. The first-order valence-corrected chi connectivity index (χ1v) is 8.56. The lowest BCUT2D eigenvalue weighted by Crippen LogP contribution is -2.19. The van der Waals surface area contributed by atoms with Gasteiger partial charge in [-0.3, -0.25) is 9.59 Å². The van der Waals surface area contributed by atoms with Gasteiger partial charge in [0.15, 0.2) is 11.7 Å². The molecule has 0 aliphatic rings. The molecule has 23 heavy (non-hydrogen) atoms. The van der Waals surface area contributed by atoms with Crippen LogP contribution in [0.25, 0.3) is 10.2 Å². The molecular weight excluding hydrogens is 330 g/mol. The molecule has 0 fully saturated rings. The summed E-state index contributed by atoms with van der Waals surface area (Å²) < 4.78 is 0. The second-order valence-electron chi connectivity index (χ2n) is 5.25. The highest BCUT2D eigenvalue weighted by Crippen LogP contribution is 2.28. The smallest absolute Gasteiger partial charge is 0.259 e. The van der Waals surface area contributed by atoms with Crippen LogP contribution in [0.5, 0.6) is 0 Å². The Bertz CT molecular complexity index is 1020. The summed E-state index contributed by atoms with van der Waals surface area (Å²) in [5.74, 6) is -1.33. The van der Waals surface area contributed by atoms with Crippen molar-refractivity contribution in [2.75, 3.05) is 0 Å². The number of ketones is 1. The molecule has 0 amide bonds. The highest BCUT2D eigenvalue weighted by molar-refractivity contribution is 7.18. The fourth-order valence-electron chi connectivity index (χ4n) is 2.36. The van der Waals surface area contributed by atoms with Crippen molar-refractivity contribution in [2.24, 2.45) is 0 Å². The molecule has 116 valence electrons. The normalized spacial score (nSPS) is 12.3. The molecule has 0 radical (unpaired) electrons. The number of aromatic amines is 1. The molecule has 0 spiro atoms. The van der Waals surface area contributed by atoms with E-state index in [4.69, 9.17) is 0 Å². The Kier molecular flexibility index (Phi) is 3.88. The van der Waals surface area contributed by atoms with Crippen molar-refractivity contribution in [3.8, 4) is 6.07 Å². The van der Waals surface area contributed by atoms with E-state index >= 15 is 0 Å². The lowest BCUT2D eigenvalue weighted by atomic mass is 10.0. The Balaban J connectivity index is 2.12. The number of thiophene rings is 2. The van der Waals surface area contributed by atoms with Gasteiger partial charge in [-0.1, -0.05) is 0 Å². The zero-order chi connectivity index (χ0) is 16.7. The molecule has 3 aromatic heterocycles. The van der Waals surface area contributed by atoms with Crippen LogP contribution in [0.2, 0.25) is 0 Å². The topological polar surface area (TPSA) is 86.6 Å². The van der Waals surface area contributed by atoms with Crippen LogP contribution >= 0.6 is 22.7 Å². The quantitative estimate of drug-likeness (QED) is 0.738. The van der Waals surface area contributed by atoms with Crippen LogP contribution in [0.4, 0.5) is 0 Å². The van der Waals surface area contributed by atoms with Gasteiger partial charge in [0.25, 0.3) is 5.56 Å². The molecule has 1 N–H and O–H groups in total. The second-order valence-corrected chi connectivity index (χ2v) is 7.74. The van der Waals surface area contributed by atoms with Gasteiger partial charge < -0.3 is 4.98 Å². The van der Waals surface area contributed by atoms with Gasteiger partial charge in [-0.05, 0) is 38.5 Å². The number of Topliss-reactive ketones (excluding diaryl/α,β-unsaturated/α-hetero) is 1. The maximum Gasteiger partial charge on any atom is 0.259 e. The average molecular weight is 343 g/mol. The summed E-state index contributed by atoms with van der Waals surface area (Å²) in [4.78, 5) is 34.9. The minimum Gasteiger partial charge on any atom is -0.308 e. The molecule has 0 aliphatic heterocycles. The van der Waals surface area contributed by atoms with Crippen LogP contribution in [0, 0.1) is 32.1 Å². The van der Waals surface area contributed by atoms with Crippen LogP contribution in [-0.2, 0) is 0 Å². The number of aromatic nitrogens is 2. The van der Waals surface area contributed by atoms with Gasteiger partial charge in [0.1, 0.15) is 10.7 Å². The third kappa shape index (κ3) is 2.60. The van der Waals surface area contributed by atoms with E-state index in [-0.39, 0.29) is 17.2 Å². The fourth-order valence-corrected chi connectivity index (χ4v) is 4.24. The molecule has 0 bridgehead atoms. The monoisotopic (exact) mass is 343 g/mol. The van der Waals surface area contributed by atoms with Gasteiger partial charge in [-0.2, -0.15) is 5.26 Å². The molecule has 3 rings (SSSR count). The van der Waals surface area contributed by atoms with Crippen LogP contribution in [0.1, 0.15) is 36.7 Å². The summed E-state index contributed by atoms with van der Waals surface area (Å²) in [6.45, 7) is 5.68. The number of hydrogen-bond acceptors (Lipinski definition) is 6. The van der Waals surface area contributed by atoms with Crippen LogP contribution in [0.3, 0.4) is 0 Å². The lowest BCUT2D eigenvalue weighted by Gasteiger charge is -2.06. The first-order chi connectivity index (χ1) is 10.9. The number of carbonyl (C=O) groups excluding carboxylic acids is 1. The summed E-state index contributed by atoms with van der Waals surface area (Å²) in [5.41, 5.74) is 0.585. The number of hydrogen-bond donors (Lipinski definition) is 1. The van der Waals surface area contributed by atoms with E-state index in [1.807, 2.05) is 32.9 Å². The van der Waals surface area contributed by atoms with Crippen molar-refractivity contribution < 1.29 is 4.79 Å². The van der Waals surface area contributed by atoms with Crippen molar-refractivity contribution in [1.29, 1.82) is 5.26 Å². The van der Waals surface area contributed by atoms with Crippen LogP contribution in [0.15, 0.2) is 16.9 Å². The van der Waals surface area contributed by atoms with Crippen molar-refractivity contribution in [2.45, 2.75) is 26.7 Å². The van der Waals surface area contributed by atoms with Gasteiger partial charge in [-0.15, -0.1) is 22.7 Å². The Labute approximate surface area is 140 Å². The summed E-state index contributed by atoms with van der Waals surface area (Å²) in [6, 6.07) is 5.50. The summed E-state index contributed by atoms with van der Waals surface area (Å²) in [7, 11) is 0. The SMILES string of the molecule is Cc1ccc(C(=O)C(C#N)c2nc3sc(C)c(C)c3c(=O)[nH]2)s1. The number of rotatable bonds is 3. The zero-order valence-corrected chi connectivity index (χ0v) is 14.4. The van der Waals surface area contributed by atoms with Gasteiger partial charge in [-0.25, -0.2) is 4.98 Å². The number of nitrogens with one attached hydrogen (secondary N) is 1. The molecule has 0 saturated carbocycles. The van der Waals surface area contributed by atoms with E-state index in [9.17, 15) is 14.9 Å². The van der Waals surface area contributed by atoms with E-state index in [1.165, 1.54) is 22.7 Å². The Morgan fingerprint density at radius 3 is 2.65 bits per heavy atom. The largest absolute Gasteiger partial charge is 0.308 e. The van der Waals surface area contributed by atoms with E-state index in [2.05, 4.69) is 9.97 Å². The molecule has 5 nitrogen and oxygen atoms in total. The maximum atomic E-state index is 12.5. The highest BCUT2D eigenvalue weighted by atomic mass is 32.1. The van der Waals surface area contributed by atoms with E-state index in [0.29, 0.717) is 15.1 Å². The minimum atomic E-state index is -1.10. The molecule has 3 aromatic rings. The fraction of sp³-hybridized carbons (Fsp3) is 0.250. The average Bonchev–Trinajstić information content (AvgIpc) is 3.04. The summed E-state index contributed by atoms with van der Waals surface area (Å²) >= 11 is 2.73. The highest BCUT2D eigenvalue weighted by Gasteiger charge is 2.26. The lowest BCUT2D eigenvalue weighted by molar-refractivity contribution is 0.0980. The standard InChI is InChI=1S/C16H13N3O2S2/c1-7-4-5-11(22-7)13(20)10(6-17)14-18-15(21)12-8(2)9(3)23-16(12)19-14/h4-5,10H,1-3H3,(H,18,19,21). The molecule has 0 aromatic carbocycles. The summed E-state index contributed by atoms with van der Waals surface area (Å²) in [6.07, 6.45) is 0. The summed E-state index contributed by atoms with van der Waals surface area (Å²) in [5, 5.41) is 9.95. The van der Waals surface area contributed by atoms with Gasteiger partial charge in [0, 0.05) is 9.75 Å². The molecule has 1 unspecified atom stereocenters. The number of H-pyrrole nitrogens is 1. The second kappa shape index (κ2) is 5.72. The number of aryl methyl sites for hydroxylation is 3. The van der Waals surface area contributed by atoms with Crippen molar-refractivity contribution in [3.05, 3.63) is 48.5 Å². The van der Waals surface area contributed by atoms with Crippen LogP contribution < -0.4 is 5.56 Å². The van der Waals surface area contributed by atoms with E-state index in [0.717, 1.165) is 15.3 Å². The van der Waals surface area contributed by atoms with Crippen molar-refractivity contribution >= 4 is 38.7 Å². The third-order valence-corrected chi connectivity index (χ3v) is 5.82. The number of carbonyl (C=O) groups is 1. The van der Waals surface area contributed by atoms with Gasteiger partial charge in [0.2, 0.25) is 0 Å². The molecule has 3 heterocycles. The first-order valence-electron chi connectivity index (χ1n) is 6.92. The Morgan fingerprint density at radius 1 is 1.30 bits per heavy atom. The van der Waals surface area contributed by atoms with E-state index in [1.54, 1.807) is 6.07 Å². The zero-order valence-electron chi connectivity index (χ0n) is 12.8. The molecular formula is C16H13N3O2S2. The van der Waals surface area contributed by atoms with Gasteiger partial charge >= 0.3 is 0 Å². The minimum absolute atomic E-state index is 0.113. The maximum absolute atomic E-state index is 12.5. The number of nitriles is 1. The third-order valence-electron chi connectivity index (χ3n) is 3.71. The van der Waals surface area contributed by atoms with Gasteiger partial charge in [0.05, 0.1) is 16.3 Å². The predicted octanol–water partition coefficient (Wildman–Crippen LogP) is 3.46. The molecule has 7 heteroatoms. The Morgan fingerprint density at radius 2 is 2.04 bits per heavy atom. The van der Waals surface area contributed by atoms with Crippen molar-refractivity contribution in [3.63, 3.8) is 0 Å². The molecule has 0 saturated heterocycles. The first kappa shape index (κ1) is 15.6. The van der Waals surface area contributed by atoms with E-state index < -0.39 is 5.92 Å². The Hall–Kier alpha value is -2.30. The number of fused-ring (bicyclic) bond motifs is 1. The molecule has 0 aliphatic carbocycles. The van der Waals surface area contributed by atoms with Crippen molar-refractivity contribution in [1.82, 2.24) is 9.97 Å². The molecule has 1 atom stereocenters. The number of nitrogens with zero attached hydrogens (tertiary/aromatic N) is 2. The van der Waals surface area contributed by atoms with Crippen LogP contribution in [-0.4, -0.2) is 15.8 Å².